The molecule has 2 N–H and O–H groups in total. The van der Waals surface area contributed by atoms with Crippen molar-refractivity contribution in [2.24, 2.45) is 0 Å². The molecule has 11 heavy (non-hydrogen) atoms. The van der Waals surface area contributed by atoms with Crippen molar-refractivity contribution in [3.8, 4) is 0 Å². The summed E-state index contributed by atoms with van der Waals surface area (Å²) >= 11 is 0. The van der Waals surface area contributed by atoms with E-state index in [1.54, 1.807) is 0 Å². The van der Waals surface area contributed by atoms with Gasteiger partial charge in [0.15, 0.2) is 5.75 Å². The van der Waals surface area contributed by atoms with E-state index in [9.17, 15) is 13.2 Å². The molecule has 5 nitrogen and oxygen atoms in total. The summed E-state index contributed by atoms with van der Waals surface area (Å²) in [5.74, 6) is -2.15. The quantitative estimate of drug-likeness (QED) is 0.589. The van der Waals surface area contributed by atoms with Crippen LogP contribution in [0.15, 0.2) is 0 Å². The van der Waals surface area contributed by atoms with Gasteiger partial charge in [0.1, 0.15) is 0 Å². The second-order valence-electron chi connectivity index (χ2n) is 2.54. The van der Waals surface area contributed by atoms with Gasteiger partial charge in [-0.1, -0.05) is 0 Å². The maximum atomic E-state index is 10.8. The number of carboxylic acid groups (broad SMARTS) is 1. The normalized spacial score (nSPS) is 18.2. The monoisotopic (exact) mass is 179 g/mol. The standard InChI is InChI=1S/C5H9NO4S/c7-5(8)3-11(9,10)6-4-1-2-4/h4,6H,1-3H2,(H,7,8). The molecule has 0 heterocycles. The first-order chi connectivity index (χ1) is 4.99. The molecular formula is C5H9NO4S. The second-order valence-corrected chi connectivity index (χ2v) is 4.30. The van der Waals surface area contributed by atoms with Gasteiger partial charge in [0, 0.05) is 6.04 Å². The SMILES string of the molecule is O=C(O)CS(=O)(=O)NC1CC1. The van der Waals surface area contributed by atoms with Crippen molar-refractivity contribution in [1.29, 1.82) is 0 Å². The highest BCUT2D eigenvalue weighted by atomic mass is 32.2. The molecule has 0 radical (unpaired) electrons. The summed E-state index contributed by atoms with van der Waals surface area (Å²) in [6, 6.07) is -0.0145. The first kappa shape index (κ1) is 8.48. The van der Waals surface area contributed by atoms with E-state index < -0.39 is 21.7 Å². The van der Waals surface area contributed by atoms with E-state index >= 15 is 0 Å². The van der Waals surface area contributed by atoms with E-state index in [1.165, 1.54) is 0 Å². The molecule has 0 atom stereocenters. The fourth-order valence-corrected chi connectivity index (χ4v) is 1.81. The molecule has 0 spiro atoms. The zero-order chi connectivity index (χ0) is 8.48. The van der Waals surface area contributed by atoms with Crippen LogP contribution < -0.4 is 4.72 Å². The lowest BCUT2D eigenvalue weighted by atomic mass is 10.8. The first-order valence-corrected chi connectivity index (χ1v) is 4.86. The van der Waals surface area contributed by atoms with Crippen molar-refractivity contribution in [3.05, 3.63) is 0 Å². The highest BCUT2D eigenvalue weighted by Crippen LogP contribution is 2.19. The number of aliphatic carboxylic acids is 1. The lowest BCUT2D eigenvalue weighted by molar-refractivity contribution is -0.134. The average Bonchev–Trinajstić information content (AvgIpc) is 2.43. The van der Waals surface area contributed by atoms with E-state index in [4.69, 9.17) is 5.11 Å². The summed E-state index contributed by atoms with van der Waals surface area (Å²) in [6.07, 6.45) is 1.64. The predicted molar refractivity (Wildman–Crippen MR) is 37.6 cm³/mol. The molecule has 1 aliphatic rings. The molecule has 0 aromatic heterocycles. The summed E-state index contributed by atoms with van der Waals surface area (Å²) in [4.78, 5) is 10.00. The van der Waals surface area contributed by atoms with E-state index in [0.29, 0.717) is 0 Å². The van der Waals surface area contributed by atoms with Crippen LogP contribution in [-0.2, 0) is 14.8 Å². The maximum absolute atomic E-state index is 10.8. The number of hydrogen-bond acceptors (Lipinski definition) is 3. The van der Waals surface area contributed by atoms with Crippen LogP contribution in [0.5, 0.6) is 0 Å². The fourth-order valence-electron chi connectivity index (χ4n) is 0.659. The average molecular weight is 179 g/mol. The van der Waals surface area contributed by atoms with E-state index in [-0.39, 0.29) is 6.04 Å². The third-order valence-corrected chi connectivity index (χ3v) is 2.56. The van der Waals surface area contributed by atoms with Crippen molar-refractivity contribution in [1.82, 2.24) is 4.72 Å². The Morgan fingerprint density at radius 1 is 1.55 bits per heavy atom. The number of carbonyl (C=O) groups is 1. The Balaban J connectivity index is 2.44. The molecule has 1 rings (SSSR count). The lowest BCUT2D eigenvalue weighted by Crippen LogP contribution is -2.31. The fraction of sp³-hybridized carbons (Fsp3) is 0.800. The largest absolute Gasteiger partial charge is 0.480 e. The van der Waals surface area contributed by atoms with Crippen LogP contribution in [0.1, 0.15) is 12.8 Å². The van der Waals surface area contributed by atoms with Gasteiger partial charge in [-0.15, -0.1) is 0 Å². The van der Waals surface area contributed by atoms with Gasteiger partial charge in [0.05, 0.1) is 0 Å². The van der Waals surface area contributed by atoms with Crippen molar-refractivity contribution in [3.63, 3.8) is 0 Å². The van der Waals surface area contributed by atoms with Gasteiger partial charge in [0.25, 0.3) is 0 Å². The third-order valence-electron chi connectivity index (χ3n) is 1.24. The van der Waals surface area contributed by atoms with Crippen LogP contribution in [0.3, 0.4) is 0 Å². The van der Waals surface area contributed by atoms with Crippen molar-refractivity contribution >= 4 is 16.0 Å². The zero-order valence-corrected chi connectivity index (χ0v) is 6.60. The molecule has 0 aliphatic heterocycles. The Labute approximate surface area is 64.5 Å². The number of nitrogens with one attached hydrogen (secondary N) is 1. The molecule has 6 heteroatoms. The molecule has 0 aromatic rings. The molecule has 1 fully saturated rings. The van der Waals surface area contributed by atoms with Gasteiger partial charge < -0.3 is 5.11 Å². The minimum absolute atomic E-state index is 0.0145. The minimum Gasteiger partial charge on any atom is -0.480 e. The maximum Gasteiger partial charge on any atom is 0.320 e. The van der Waals surface area contributed by atoms with E-state index in [0.717, 1.165) is 12.8 Å². The summed E-state index contributed by atoms with van der Waals surface area (Å²) in [5.41, 5.74) is 0. The van der Waals surface area contributed by atoms with Crippen LogP contribution in [0, 0.1) is 0 Å². The molecule has 0 unspecified atom stereocenters. The first-order valence-electron chi connectivity index (χ1n) is 3.21. The smallest absolute Gasteiger partial charge is 0.320 e. The van der Waals surface area contributed by atoms with E-state index in [1.807, 2.05) is 0 Å². The molecule has 0 amide bonds. The molecule has 64 valence electrons. The third kappa shape index (κ3) is 3.33. The highest BCUT2D eigenvalue weighted by molar-refractivity contribution is 7.90. The number of sulfonamides is 1. The predicted octanol–water partition coefficient (Wildman–Crippen LogP) is -0.847. The van der Waals surface area contributed by atoms with Crippen LogP contribution in [0.2, 0.25) is 0 Å². The molecule has 0 bridgehead atoms. The van der Waals surface area contributed by atoms with Gasteiger partial charge in [0.2, 0.25) is 10.0 Å². The van der Waals surface area contributed by atoms with Crippen molar-refractivity contribution in [2.75, 3.05) is 5.75 Å². The van der Waals surface area contributed by atoms with Crippen LogP contribution in [0.4, 0.5) is 0 Å². The van der Waals surface area contributed by atoms with Crippen LogP contribution >= 0.6 is 0 Å². The summed E-state index contributed by atoms with van der Waals surface area (Å²) in [7, 11) is -3.57. The summed E-state index contributed by atoms with van der Waals surface area (Å²) in [5, 5.41) is 8.16. The molecule has 1 saturated carbocycles. The Hall–Kier alpha value is -0.620. The zero-order valence-electron chi connectivity index (χ0n) is 5.78. The number of rotatable bonds is 4. The Bertz CT molecular complexity index is 254. The minimum atomic E-state index is -3.57. The Morgan fingerprint density at radius 2 is 2.09 bits per heavy atom. The van der Waals surface area contributed by atoms with E-state index in [2.05, 4.69) is 4.72 Å². The molecule has 0 saturated heterocycles. The molecular weight excluding hydrogens is 170 g/mol. The van der Waals surface area contributed by atoms with Crippen LogP contribution in [0.25, 0.3) is 0 Å². The topological polar surface area (TPSA) is 83.5 Å². The van der Waals surface area contributed by atoms with Crippen LogP contribution in [-0.4, -0.2) is 31.3 Å². The van der Waals surface area contributed by atoms with Gasteiger partial charge in [-0.3, -0.25) is 4.79 Å². The van der Waals surface area contributed by atoms with Crippen molar-refractivity contribution in [2.45, 2.75) is 18.9 Å². The lowest BCUT2D eigenvalue weighted by Gasteiger charge is -2.00. The number of hydrogen-bond donors (Lipinski definition) is 2. The highest BCUT2D eigenvalue weighted by Gasteiger charge is 2.27. The van der Waals surface area contributed by atoms with Gasteiger partial charge in [-0.05, 0) is 12.8 Å². The van der Waals surface area contributed by atoms with Crippen molar-refractivity contribution < 1.29 is 18.3 Å². The molecule has 1 aliphatic carbocycles. The molecule has 0 aromatic carbocycles. The van der Waals surface area contributed by atoms with Gasteiger partial charge >= 0.3 is 5.97 Å². The van der Waals surface area contributed by atoms with Gasteiger partial charge in [-0.25, -0.2) is 13.1 Å². The summed E-state index contributed by atoms with van der Waals surface area (Å²) < 4.78 is 23.9. The van der Waals surface area contributed by atoms with Gasteiger partial charge in [-0.2, -0.15) is 0 Å². The summed E-state index contributed by atoms with van der Waals surface area (Å²) in [6.45, 7) is 0. The Morgan fingerprint density at radius 3 is 2.45 bits per heavy atom. The Kier molecular flexibility index (Phi) is 2.15. The number of carboxylic acids is 1. The second kappa shape index (κ2) is 2.78.